The van der Waals surface area contributed by atoms with Crippen molar-refractivity contribution in [2.45, 2.75) is 0 Å². The quantitative estimate of drug-likeness (QED) is 0.101. The normalized spacial score (nSPS) is 11.9. The second-order valence-corrected chi connectivity index (χ2v) is 23.8. The van der Waals surface area contributed by atoms with E-state index in [-0.39, 0.29) is 0 Å². The van der Waals surface area contributed by atoms with Gasteiger partial charge in [0.1, 0.15) is 0 Å². The molecule has 76 heavy (non-hydrogen) atoms. The molecule has 0 unspecified atom stereocenters. The number of para-hydroxylation sites is 3. The van der Waals surface area contributed by atoms with E-state index in [0.29, 0.717) is 0 Å². The van der Waals surface area contributed by atoms with Crippen LogP contribution in [0.4, 0.5) is 0 Å². The smallest absolute Gasteiger partial charge is 0.179 e. The predicted molar refractivity (Wildman–Crippen MR) is 324 cm³/mol. The van der Waals surface area contributed by atoms with Crippen LogP contribution in [0.2, 0.25) is 0 Å². The number of hydrogen-bond donors (Lipinski definition) is 0. The Kier molecular flexibility index (Phi) is 10.2. The summed E-state index contributed by atoms with van der Waals surface area (Å²) in [6.07, 6.45) is 0. The maximum Gasteiger partial charge on any atom is 0.179 e. The average Bonchev–Trinajstić information content (AvgIpc) is 4.24. The van der Waals surface area contributed by atoms with E-state index in [4.69, 9.17) is 0 Å². The Morgan fingerprint density at radius 1 is 0.211 bits per heavy atom. The first-order chi connectivity index (χ1) is 37.7. The van der Waals surface area contributed by atoms with Crippen molar-refractivity contribution in [1.29, 1.82) is 0 Å². The Hall–Kier alpha value is -9.74. The predicted octanol–water partition coefficient (Wildman–Crippen LogP) is 15.7. The third-order valence-corrected chi connectivity index (χ3v) is 20.7. The zero-order chi connectivity index (χ0) is 50.2. The van der Waals surface area contributed by atoms with Crippen molar-refractivity contribution in [3.8, 4) is 39.3 Å². The standard InChI is InChI=1S/C72H49N3Si/c1-6-22-50(23-7-1)52-26-20-27-53(46-52)73-67-38-18-17-35-62(67)64-47-54(40-43-69(64)73)74-70-44-41-55(75-68-39-19-16-34-61(68)63-37-21-36-60(72(63)75)51-24-8-2-9-25-51)48-65(70)66-49-59(42-45-71(66)74)76(56-28-10-3-11-29-56,57-30-12-4-13-31-57)58-32-14-5-15-33-58/h1-49H. The summed E-state index contributed by atoms with van der Waals surface area (Å²) < 4.78 is 7.45. The van der Waals surface area contributed by atoms with E-state index in [1.54, 1.807) is 0 Å². The van der Waals surface area contributed by atoms with Gasteiger partial charge in [-0.05, 0) is 104 Å². The number of hydrogen-bond acceptors (Lipinski definition) is 0. The first kappa shape index (κ1) is 43.8. The highest BCUT2D eigenvalue weighted by Crippen LogP contribution is 2.42. The van der Waals surface area contributed by atoms with Gasteiger partial charge in [-0.3, -0.25) is 0 Å². The maximum absolute atomic E-state index is 2.90. The molecule has 3 nitrogen and oxygen atoms in total. The first-order valence-electron chi connectivity index (χ1n) is 26.3. The summed E-state index contributed by atoms with van der Waals surface area (Å²) in [5, 5.41) is 12.7. The minimum Gasteiger partial charge on any atom is -0.309 e. The van der Waals surface area contributed by atoms with Crippen molar-refractivity contribution < 1.29 is 0 Å². The van der Waals surface area contributed by atoms with Crippen LogP contribution in [0.15, 0.2) is 297 Å². The van der Waals surface area contributed by atoms with E-state index in [2.05, 4.69) is 311 Å². The van der Waals surface area contributed by atoms with E-state index in [9.17, 15) is 0 Å². The summed E-state index contributed by atoms with van der Waals surface area (Å²) in [6.45, 7) is 0. The van der Waals surface area contributed by atoms with Crippen LogP contribution in [-0.4, -0.2) is 21.8 Å². The first-order valence-corrected chi connectivity index (χ1v) is 28.3. The molecule has 0 amide bonds. The maximum atomic E-state index is 2.56. The molecule has 0 radical (unpaired) electrons. The van der Waals surface area contributed by atoms with Crippen molar-refractivity contribution in [2.24, 2.45) is 0 Å². The van der Waals surface area contributed by atoms with Crippen molar-refractivity contribution in [1.82, 2.24) is 13.7 Å². The van der Waals surface area contributed by atoms with Crippen LogP contribution in [0, 0.1) is 0 Å². The molecule has 15 aromatic rings. The highest BCUT2D eigenvalue weighted by atomic mass is 28.3. The van der Waals surface area contributed by atoms with E-state index in [1.807, 2.05) is 0 Å². The van der Waals surface area contributed by atoms with E-state index >= 15 is 0 Å². The second-order valence-electron chi connectivity index (χ2n) is 20.0. The molecule has 3 heterocycles. The molecule has 0 spiro atoms. The largest absolute Gasteiger partial charge is 0.309 e. The Morgan fingerprint density at radius 3 is 1.20 bits per heavy atom. The monoisotopic (exact) mass is 983 g/mol. The molecule has 0 fully saturated rings. The molecule has 0 aliphatic heterocycles. The Balaban J connectivity index is 1.02. The van der Waals surface area contributed by atoms with Crippen molar-refractivity contribution in [2.75, 3.05) is 0 Å². The van der Waals surface area contributed by atoms with Crippen LogP contribution in [0.1, 0.15) is 0 Å². The summed E-state index contributed by atoms with van der Waals surface area (Å²) in [6, 6.07) is 110. The molecule has 0 atom stereocenters. The summed E-state index contributed by atoms with van der Waals surface area (Å²) in [7, 11) is -2.90. The molecule has 0 aliphatic carbocycles. The molecule has 356 valence electrons. The Bertz CT molecular complexity index is 4570. The van der Waals surface area contributed by atoms with Gasteiger partial charge in [0.05, 0.1) is 33.1 Å². The molecular formula is C72H49N3Si. The number of aromatic nitrogens is 3. The molecule has 0 saturated heterocycles. The molecule has 0 N–H and O–H groups in total. The minimum atomic E-state index is -2.90. The second kappa shape index (κ2) is 17.7. The minimum absolute atomic E-state index is 1.12. The van der Waals surface area contributed by atoms with Gasteiger partial charge >= 0.3 is 0 Å². The van der Waals surface area contributed by atoms with Gasteiger partial charge in [0.15, 0.2) is 8.07 Å². The third kappa shape index (κ3) is 6.74. The topological polar surface area (TPSA) is 14.8 Å². The van der Waals surface area contributed by atoms with Crippen LogP contribution in [-0.2, 0) is 0 Å². The summed E-state index contributed by atoms with van der Waals surface area (Å²) in [4.78, 5) is 0. The summed E-state index contributed by atoms with van der Waals surface area (Å²) in [5.41, 5.74) is 15.3. The molecule has 12 aromatic carbocycles. The number of fused-ring (bicyclic) bond motifs is 9. The van der Waals surface area contributed by atoms with Gasteiger partial charge in [0, 0.05) is 54.9 Å². The van der Waals surface area contributed by atoms with E-state index in [1.165, 1.54) is 103 Å². The molecule has 4 heteroatoms. The number of benzene rings is 12. The van der Waals surface area contributed by atoms with Crippen molar-refractivity contribution in [3.05, 3.63) is 297 Å². The van der Waals surface area contributed by atoms with Crippen LogP contribution in [0.25, 0.3) is 105 Å². The fourth-order valence-corrected chi connectivity index (χ4v) is 17.5. The highest BCUT2D eigenvalue weighted by Gasteiger charge is 2.41. The van der Waals surface area contributed by atoms with Gasteiger partial charge in [-0.25, -0.2) is 0 Å². The van der Waals surface area contributed by atoms with Gasteiger partial charge in [-0.15, -0.1) is 0 Å². The molecular weight excluding hydrogens is 935 g/mol. The Morgan fingerprint density at radius 2 is 0.605 bits per heavy atom. The van der Waals surface area contributed by atoms with E-state index < -0.39 is 8.07 Å². The Labute approximate surface area is 442 Å². The lowest BCUT2D eigenvalue weighted by molar-refractivity contribution is 1.16. The molecule has 0 aliphatic rings. The van der Waals surface area contributed by atoms with Gasteiger partial charge in [0.2, 0.25) is 0 Å². The highest BCUT2D eigenvalue weighted by molar-refractivity contribution is 7.20. The van der Waals surface area contributed by atoms with E-state index in [0.717, 1.165) is 22.6 Å². The lowest BCUT2D eigenvalue weighted by atomic mass is 10.0. The van der Waals surface area contributed by atoms with Crippen molar-refractivity contribution >= 4 is 94.2 Å². The fraction of sp³-hybridized carbons (Fsp3) is 0. The van der Waals surface area contributed by atoms with Gasteiger partial charge in [-0.2, -0.15) is 0 Å². The van der Waals surface area contributed by atoms with Gasteiger partial charge < -0.3 is 13.7 Å². The lowest BCUT2D eigenvalue weighted by Crippen LogP contribution is -2.74. The van der Waals surface area contributed by atoms with Crippen LogP contribution in [0.5, 0.6) is 0 Å². The summed E-state index contributed by atoms with van der Waals surface area (Å²) in [5.74, 6) is 0. The average molecular weight is 984 g/mol. The molecule has 0 bridgehead atoms. The third-order valence-electron chi connectivity index (χ3n) is 16.0. The van der Waals surface area contributed by atoms with Crippen molar-refractivity contribution in [3.63, 3.8) is 0 Å². The van der Waals surface area contributed by atoms with Gasteiger partial charge in [-0.1, -0.05) is 231 Å². The SMILES string of the molecule is c1ccc(-c2cccc(-n3c4ccccc4c4cc(-n5c6ccc(-n7c8ccccc8c8cccc(-c9ccccc9)c87)cc6c6cc([Si](c7ccccc7)(c7ccccc7)c7ccccc7)ccc65)ccc43)c2)cc1. The lowest BCUT2D eigenvalue weighted by Gasteiger charge is -2.34. The van der Waals surface area contributed by atoms with Crippen LogP contribution in [0.3, 0.4) is 0 Å². The zero-order valence-corrected chi connectivity index (χ0v) is 42.6. The molecule has 15 rings (SSSR count). The molecule has 3 aromatic heterocycles. The summed E-state index contributed by atoms with van der Waals surface area (Å²) >= 11 is 0. The number of rotatable bonds is 9. The molecule has 0 saturated carbocycles. The number of nitrogens with zero attached hydrogens (tertiary/aromatic N) is 3. The van der Waals surface area contributed by atoms with Crippen LogP contribution < -0.4 is 20.7 Å². The zero-order valence-electron chi connectivity index (χ0n) is 41.6. The fourth-order valence-electron chi connectivity index (χ4n) is 12.7. The van der Waals surface area contributed by atoms with Gasteiger partial charge in [0.25, 0.3) is 0 Å². The van der Waals surface area contributed by atoms with Crippen LogP contribution >= 0.6 is 0 Å².